The number of carbonyl (C=O) groups excluding carboxylic acids is 2. The maximum Gasteiger partial charge on any atom is 0.244 e. The Bertz CT molecular complexity index is 547. The van der Waals surface area contributed by atoms with Crippen molar-refractivity contribution in [3.63, 3.8) is 0 Å². The van der Waals surface area contributed by atoms with Gasteiger partial charge in [-0.2, -0.15) is 5.26 Å². The van der Waals surface area contributed by atoms with Crippen LogP contribution in [-0.2, 0) is 9.59 Å². The van der Waals surface area contributed by atoms with Gasteiger partial charge in [0.1, 0.15) is 6.42 Å². The topological polar surface area (TPSA) is 82.0 Å². The molecule has 1 rings (SSSR count). The summed E-state index contributed by atoms with van der Waals surface area (Å²) in [5, 5.41) is 14.2. The molecule has 110 valence electrons. The van der Waals surface area contributed by atoms with Crippen molar-refractivity contribution in [3.8, 4) is 6.07 Å². The molecule has 0 aliphatic rings. The molecule has 0 fully saturated rings. The SMILES string of the molecule is N#CCC(=O)NCCCNC(=O)/C=C/c1ccc(Cl)cc1. The van der Waals surface area contributed by atoms with Gasteiger partial charge in [0.25, 0.3) is 0 Å². The average Bonchev–Trinajstić information content (AvgIpc) is 2.46. The van der Waals surface area contributed by atoms with Crippen molar-refractivity contribution in [2.45, 2.75) is 12.8 Å². The first-order valence-electron chi connectivity index (χ1n) is 6.47. The van der Waals surface area contributed by atoms with Crippen molar-refractivity contribution in [1.82, 2.24) is 10.6 Å². The number of rotatable bonds is 7. The van der Waals surface area contributed by atoms with Crippen LogP contribution in [0.4, 0.5) is 0 Å². The number of nitriles is 1. The highest BCUT2D eigenvalue weighted by Crippen LogP contribution is 2.10. The fraction of sp³-hybridized carbons (Fsp3) is 0.267. The van der Waals surface area contributed by atoms with Crippen LogP contribution in [0.15, 0.2) is 30.3 Å². The summed E-state index contributed by atoms with van der Waals surface area (Å²) < 4.78 is 0. The molecule has 1 aromatic rings. The molecule has 0 radical (unpaired) electrons. The van der Waals surface area contributed by atoms with Crippen molar-refractivity contribution in [3.05, 3.63) is 40.9 Å². The first-order chi connectivity index (χ1) is 10.1. The molecule has 0 bridgehead atoms. The van der Waals surface area contributed by atoms with Crippen LogP contribution < -0.4 is 10.6 Å². The Kier molecular flexibility index (Phi) is 7.62. The molecule has 0 aromatic heterocycles. The minimum atomic E-state index is -0.300. The van der Waals surface area contributed by atoms with Crippen LogP contribution >= 0.6 is 11.6 Å². The highest BCUT2D eigenvalue weighted by Gasteiger charge is 1.99. The van der Waals surface area contributed by atoms with Gasteiger partial charge in [-0.3, -0.25) is 9.59 Å². The Morgan fingerprint density at radius 1 is 1.19 bits per heavy atom. The summed E-state index contributed by atoms with van der Waals surface area (Å²) in [7, 11) is 0. The molecular formula is C15H16ClN3O2. The zero-order valence-electron chi connectivity index (χ0n) is 11.4. The third-order valence-electron chi connectivity index (χ3n) is 2.51. The number of nitrogens with one attached hydrogen (secondary N) is 2. The van der Waals surface area contributed by atoms with E-state index in [1.807, 2.05) is 12.1 Å². The van der Waals surface area contributed by atoms with Crippen molar-refractivity contribution in [2.24, 2.45) is 0 Å². The molecule has 1 aromatic carbocycles. The van der Waals surface area contributed by atoms with E-state index in [9.17, 15) is 9.59 Å². The van der Waals surface area contributed by atoms with Crippen LogP contribution in [0, 0.1) is 11.3 Å². The fourth-order valence-electron chi connectivity index (χ4n) is 1.47. The summed E-state index contributed by atoms with van der Waals surface area (Å²) in [5.74, 6) is -0.500. The van der Waals surface area contributed by atoms with Gasteiger partial charge in [-0.1, -0.05) is 23.7 Å². The number of halogens is 1. The van der Waals surface area contributed by atoms with Crippen LogP contribution in [0.25, 0.3) is 6.08 Å². The van der Waals surface area contributed by atoms with Gasteiger partial charge < -0.3 is 10.6 Å². The van der Waals surface area contributed by atoms with E-state index in [4.69, 9.17) is 16.9 Å². The molecule has 5 nitrogen and oxygen atoms in total. The van der Waals surface area contributed by atoms with Gasteiger partial charge in [0, 0.05) is 24.2 Å². The number of benzene rings is 1. The van der Waals surface area contributed by atoms with Gasteiger partial charge in [0.05, 0.1) is 6.07 Å². The minimum Gasteiger partial charge on any atom is -0.355 e. The zero-order valence-corrected chi connectivity index (χ0v) is 12.2. The van der Waals surface area contributed by atoms with E-state index in [1.165, 1.54) is 6.08 Å². The van der Waals surface area contributed by atoms with E-state index in [2.05, 4.69) is 10.6 Å². The summed E-state index contributed by atoms with van der Waals surface area (Å²) in [6.07, 6.45) is 3.60. The Morgan fingerprint density at radius 2 is 1.86 bits per heavy atom. The lowest BCUT2D eigenvalue weighted by Gasteiger charge is -2.03. The van der Waals surface area contributed by atoms with E-state index in [-0.39, 0.29) is 18.2 Å². The Labute approximate surface area is 128 Å². The van der Waals surface area contributed by atoms with Gasteiger partial charge in [0.2, 0.25) is 11.8 Å². The molecule has 0 atom stereocenters. The van der Waals surface area contributed by atoms with Crippen LogP contribution in [0.1, 0.15) is 18.4 Å². The monoisotopic (exact) mass is 305 g/mol. The van der Waals surface area contributed by atoms with Crippen molar-refractivity contribution < 1.29 is 9.59 Å². The number of amides is 2. The van der Waals surface area contributed by atoms with Gasteiger partial charge in [-0.15, -0.1) is 0 Å². The van der Waals surface area contributed by atoms with Gasteiger partial charge in [0.15, 0.2) is 0 Å². The van der Waals surface area contributed by atoms with E-state index in [1.54, 1.807) is 24.3 Å². The molecule has 21 heavy (non-hydrogen) atoms. The molecular weight excluding hydrogens is 290 g/mol. The molecule has 2 amide bonds. The molecule has 0 spiro atoms. The number of nitrogens with zero attached hydrogens (tertiary/aromatic N) is 1. The molecule has 0 aliphatic heterocycles. The van der Waals surface area contributed by atoms with E-state index in [0.29, 0.717) is 24.5 Å². The Hall–Kier alpha value is -2.32. The molecule has 2 N–H and O–H groups in total. The number of hydrogen-bond acceptors (Lipinski definition) is 3. The molecule has 6 heteroatoms. The number of hydrogen-bond donors (Lipinski definition) is 2. The van der Waals surface area contributed by atoms with Gasteiger partial charge >= 0.3 is 0 Å². The van der Waals surface area contributed by atoms with Crippen LogP contribution in [0.2, 0.25) is 5.02 Å². The van der Waals surface area contributed by atoms with Gasteiger partial charge in [-0.25, -0.2) is 0 Å². The normalized spacial score (nSPS) is 10.1. The Balaban J connectivity index is 2.18. The summed E-state index contributed by atoms with van der Waals surface area (Å²) in [5.41, 5.74) is 0.887. The van der Waals surface area contributed by atoms with Crippen molar-refractivity contribution >= 4 is 29.5 Å². The first kappa shape index (κ1) is 16.7. The summed E-state index contributed by atoms with van der Waals surface area (Å²) in [6, 6.07) is 8.90. The van der Waals surface area contributed by atoms with E-state index < -0.39 is 0 Å². The summed E-state index contributed by atoms with van der Waals surface area (Å²) in [4.78, 5) is 22.5. The standard InChI is InChI=1S/C15H16ClN3O2/c16-13-5-2-12(3-6-13)4-7-14(20)18-10-1-11-19-15(21)8-9-17/h2-7H,1,8,10-11H2,(H,18,20)(H,19,21)/b7-4+. The third-order valence-corrected chi connectivity index (χ3v) is 2.76. The summed E-state index contributed by atoms with van der Waals surface area (Å²) in [6.45, 7) is 0.887. The third kappa shape index (κ3) is 7.75. The van der Waals surface area contributed by atoms with Crippen molar-refractivity contribution in [2.75, 3.05) is 13.1 Å². The lowest BCUT2D eigenvalue weighted by atomic mass is 10.2. The second-order valence-corrected chi connectivity index (χ2v) is 4.65. The molecule has 0 saturated heterocycles. The molecule has 0 heterocycles. The maximum atomic E-state index is 11.5. The zero-order chi connectivity index (χ0) is 15.5. The fourth-order valence-corrected chi connectivity index (χ4v) is 1.59. The van der Waals surface area contributed by atoms with Gasteiger partial charge in [-0.05, 0) is 30.2 Å². The van der Waals surface area contributed by atoms with Crippen LogP contribution in [-0.4, -0.2) is 24.9 Å². The van der Waals surface area contributed by atoms with E-state index >= 15 is 0 Å². The van der Waals surface area contributed by atoms with E-state index in [0.717, 1.165) is 5.56 Å². The largest absolute Gasteiger partial charge is 0.355 e. The quantitative estimate of drug-likeness (QED) is 0.596. The second-order valence-electron chi connectivity index (χ2n) is 4.21. The molecule has 0 aliphatic carbocycles. The minimum absolute atomic E-state index is 0.143. The van der Waals surface area contributed by atoms with Crippen LogP contribution in [0.5, 0.6) is 0 Å². The Morgan fingerprint density at radius 3 is 2.52 bits per heavy atom. The van der Waals surface area contributed by atoms with Crippen LogP contribution in [0.3, 0.4) is 0 Å². The predicted octanol–water partition coefficient (Wildman–Crippen LogP) is 1.89. The van der Waals surface area contributed by atoms with Crippen molar-refractivity contribution in [1.29, 1.82) is 5.26 Å². The maximum absolute atomic E-state index is 11.5. The average molecular weight is 306 g/mol. The summed E-state index contributed by atoms with van der Waals surface area (Å²) >= 11 is 5.76. The first-order valence-corrected chi connectivity index (χ1v) is 6.85. The molecule has 0 saturated carbocycles. The molecule has 0 unspecified atom stereocenters. The number of carbonyl (C=O) groups is 2. The predicted molar refractivity (Wildman–Crippen MR) is 81.4 cm³/mol. The highest BCUT2D eigenvalue weighted by molar-refractivity contribution is 6.30. The highest BCUT2D eigenvalue weighted by atomic mass is 35.5. The lowest BCUT2D eigenvalue weighted by molar-refractivity contribution is -0.120. The second kappa shape index (κ2) is 9.56. The smallest absolute Gasteiger partial charge is 0.244 e. The lowest BCUT2D eigenvalue weighted by Crippen LogP contribution is -2.28.